The van der Waals surface area contributed by atoms with Gasteiger partial charge in [-0.1, -0.05) is 6.92 Å². The first kappa shape index (κ1) is 14.3. The van der Waals surface area contributed by atoms with Crippen molar-refractivity contribution < 1.29 is 18.3 Å². The van der Waals surface area contributed by atoms with E-state index in [0.29, 0.717) is 6.42 Å². The molecular weight excluding hydrogens is 247 g/mol. The average molecular weight is 259 g/mol. The first-order chi connectivity index (χ1) is 8.42. The fraction of sp³-hybridized carbons (Fsp3) is 0.455. The van der Waals surface area contributed by atoms with Crippen molar-refractivity contribution in [3.05, 3.63) is 23.4 Å². The van der Waals surface area contributed by atoms with Crippen LogP contribution in [0.15, 0.2) is 12.1 Å². The van der Waals surface area contributed by atoms with E-state index < -0.39 is 17.9 Å². The molecule has 98 valence electrons. The van der Waals surface area contributed by atoms with Crippen LogP contribution in [0.1, 0.15) is 24.6 Å². The zero-order valence-corrected chi connectivity index (χ0v) is 9.62. The Balaban J connectivity index is 3.11. The fourth-order valence-electron chi connectivity index (χ4n) is 1.29. The third kappa shape index (κ3) is 3.34. The molecule has 7 heteroatoms. The molecule has 4 nitrogen and oxygen atoms in total. The summed E-state index contributed by atoms with van der Waals surface area (Å²) in [6.07, 6.45) is -4.06. The number of alkyl halides is 3. The number of aliphatic hydroxyl groups is 1. The second kappa shape index (κ2) is 5.69. The molecule has 0 aliphatic carbocycles. The van der Waals surface area contributed by atoms with Crippen molar-refractivity contribution in [2.75, 3.05) is 11.9 Å². The minimum absolute atomic E-state index is 0.00917. The predicted octanol–water partition coefficient (Wildman–Crippen LogP) is 2.15. The maximum atomic E-state index is 12.5. The van der Waals surface area contributed by atoms with Gasteiger partial charge in [0, 0.05) is 0 Å². The Hall–Kier alpha value is -1.81. The molecule has 2 N–H and O–H groups in total. The molecule has 0 unspecified atom stereocenters. The van der Waals surface area contributed by atoms with E-state index in [0.717, 1.165) is 12.1 Å². The van der Waals surface area contributed by atoms with Gasteiger partial charge in [-0.3, -0.25) is 0 Å². The van der Waals surface area contributed by atoms with Gasteiger partial charge in [-0.05, 0) is 18.6 Å². The van der Waals surface area contributed by atoms with Crippen LogP contribution in [0.3, 0.4) is 0 Å². The Morgan fingerprint density at radius 1 is 1.50 bits per heavy atom. The molecule has 1 atom stereocenters. The van der Waals surface area contributed by atoms with Gasteiger partial charge in [-0.2, -0.15) is 18.4 Å². The van der Waals surface area contributed by atoms with Gasteiger partial charge in [0.15, 0.2) is 0 Å². The summed E-state index contributed by atoms with van der Waals surface area (Å²) < 4.78 is 37.4. The highest BCUT2D eigenvalue weighted by molar-refractivity contribution is 5.53. The zero-order chi connectivity index (χ0) is 13.8. The minimum Gasteiger partial charge on any atom is -0.394 e. The molecule has 0 saturated heterocycles. The van der Waals surface area contributed by atoms with E-state index in [1.807, 2.05) is 0 Å². The molecule has 0 aromatic carbocycles. The summed E-state index contributed by atoms with van der Waals surface area (Å²) in [6.45, 7) is 1.51. The summed E-state index contributed by atoms with van der Waals surface area (Å²) in [5.74, 6) is -0.159. The number of aliphatic hydroxyl groups excluding tert-OH is 1. The van der Waals surface area contributed by atoms with Crippen LogP contribution in [0, 0.1) is 11.3 Å². The van der Waals surface area contributed by atoms with E-state index in [-0.39, 0.29) is 18.0 Å². The molecule has 1 heterocycles. The normalized spacial score (nSPS) is 12.9. The molecular formula is C11H12F3N3O. The number of rotatable bonds is 4. The van der Waals surface area contributed by atoms with Crippen LogP contribution in [-0.2, 0) is 6.18 Å². The van der Waals surface area contributed by atoms with Crippen molar-refractivity contribution in [3.63, 3.8) is 0 Å². The maximum absolute atomic E-state index is 12.5. The molecule has 0 aliphatic rings. The Morgan fingerprint density at radius 3 is 2.61 bits per heavy atom. The number of nitriles is 1. The number of pyridine rings is 1. The van der Waals surface area contributed by atoms with Crippen LogP contribution in [0.4, 0.5) is 19.0 Å². The van der Waals surface area contributed by atoms with Gasteiger partial charge in [0.25, 0.3) is 0 Å². The van der Waals surface area contributed by atoms with E-state index in [4.69, 9.17) is 10.4 Å². The van der Waals surface area contributed by atoms with E-state index >= 15 is 0 Å². The number of hydrogen-bond acceptors (Lipinski definition) is 4. The smallest absolute Gasteiger partial charge is 0.394 e. The Bertz CT molecular complexity index is 450. The van der Waals surface area contributed by atoms with Crippen LogP contribution < -0.4 is 5.32 Å². The first-order valence-corrected chi connectivity index (χ1v) is 5.28. The molecule has 1 aromatic rings. The first-order valence-electron chi connectivity index (χ1n) is 5.28. The van der Waals surface area contributed by atoms with Crippen molar-refractivity contribution in [1.29, 1.82) is 5.26 Å². The number of anilines is 1. The molecule has 0 aliphatic heterocycles. The van der Waals surface area contributed by atoms with Gasteiger partial charge in [0.2, 0.25) is 0 Å². The molecule has 0 bridgehead atoms. The van der Waals surface area contributed by atoms with Crippen molar-refractivity contribution in [3.8, 4) is 6.07 Å². The Kier molecular flexibility index (Phi) is 4.50. The van der Waals surface area contributed by atoms with Crippen LogP contribution in [0.2, 0.25) is 0 Å². The summed E-state index contributed by atoms with van der Waals surface area (Å²) >= 11 is 0. The lowest BCUT2D eigenvalue weighted by molar-refractivity contribution is -0.141. The van der Waals surface area contributed by atoms with Gasteiger partial charge < -0.3 is 10.4 Å². The predicted molar refractivity (Wildman–Crippen MR) is 58.7 cm³/mol. The molecule has 0 spiro atoms. The third-order valence-electron chi connectivity index (χ3n) is 2.36. The lowest BCUT2D eigenvalue weighted by atomic mass is 10.2. The molecule has 0 amide bonds. The minimum atomic E-state index is -4.56. The van der Waals surface area contributed by atoms with Gasteiger partial charge in [-0.15, -0.1) is 0 Å². The second-order valence-electron chi connectivity index (χ2n) is 3.63. The monoisotopic (exact) mass is 259 g/mol. The zero-order valence-electron chi connectivity index (χ0n) is 9.62. The summed E-state index contributed by atoms with van der Waals surface area (Å²) in [7, 11) is 0. The largest absolute Gasteiger partial charge is 0.433 e. The van der Waals surface area contributed by atoms with Gasteiger partial charge in [0.05, 0.1) is 18.2 Å². The van der Waals surface area contributed by atoms with E-state index in [9.17, 15) is 13.2 Å². The van der Waals surface area contributed by atoms with E-state index in [1.54, 1.807) is 13.0 Å². The van der Waals surface area contributed by atoms with Crippen molar-refractivity contribution in [2.45, 2.75) is 25.6 Å². The third-order valence-corrected chi connectivity index (χ3v) is 2.36. The number of aromatic nitrogens is 1. The molecule has 1 aromatic heterocycles. The highest BCUT2D eigenvalue weighted by Crippen LogP contribution is 2.29. The quantitative estimate of drug-likeness (QED) is 0.869. The summed E-state index contributed by atoms with van der Waals surface area (Å²) in [5, 5.41) is 20.4. The second-order valence-corrected chi connectivity index (χ2v) is 3.63. The standard InChI is InChI=1S/C11H12F3N3O/c1-2-8(6-18)16-10-7(5-15)3-4-9(17-10)11(12,13)14/h3-4,8,18H,2,6H2,1H3,(H,16,17)/t8-/m0/s1. The van der Waals surface area contributed by atoms with Crippen LogP contribution in [-0.4, -0.2) is 22.7 Å². The Labute approximate surface area is 102 Å². The summed E-state index contributed by atoms with van der Waals surface area (Å²) in [6, 6.07) is 3.13. The summed E-state index contributed by atoms with van der Waals surface area (Å²) in [5.41, 5.74) is -1.06. The highest BCUT2D eigenvalue weighted by atomic mass is 19.4. The van der Waals surface area contributed by atoms with Crippen LogP contribution in [0.25, 0.3) is 0 Å². The number of halogens is 3. The Morgan fingerprint density at radius 2 is 2.17 bits per heavy atom. The number of nitrogens with zero attached hydrogens (tertiary/aromatic N) is 2. The van der Waals surface area contributed by atoms with Gasteiger partial charge in [0.1, 0.15) is 17.6 Å². The SMILES string of the molecule is CC[C@@H](CO)Nc1nc(C(F)(F)F)ccc1C#N. The number of hydrogen-bond donors (Lipinski definition) is 2. The average Bonchev–Trinajstić information content (AvgIpc) is 2.34. The molecule has 0 saturated carbocycles. The van der Waals surface area contributed by atoms with Gasteiger partial charge in [-0.25, -0.2) is 4.98 Å². The molecule has 18 heavy (non-hydrogen) atoms. The van der Waals surface area contributed by atoms with Crippen LogP contribution in [0.5, 0.6) is 0 Å². The fourth-order valence-corrected chi connectivity index (χ4v) is 1.29. The summed E-state index contributed by atoms with van der Waals surface area (Å²) in [4.78, 5) is 3.38. The molecule has 0 fully saturated rings. The highest BCUT2D eigenvalue weighted by Gasteiger charge is 2.33. The van der Waals surface area contributed by atoms with Crippen molar-refractivity contribution in [1.82, 2.24) is 4.98 Å². The number of nitrogens with one attached hydrogen (secondary N) is 1. The van der Waals surface area contributed by atoms with E-state index in [2.05, 4.69) is 10.3 Å². The molecule has 0 radical (unpaired) electrons. The topological polar surface area (TPSA) is 68.9 Å². The lowest BCUT2D eigenvalue weighted by Gasteiger charge is -2.16. The van der Waals surface area contributed by atoms with Crippen LogP contribution >= 0.6 is 0 Å². The van der Waals surface area contributed by atoms with Gasteiger partial charge >= 0.3 is 6.18 Å². The van der Waals surface area contributed by atoms with E-state index in [1.165, 1.54) is 0 Å². The lowest BCUT2D eigenvalue weighted by Crippen LogP contribution is -2.24. The molecule has 1 rings (SSSR count). The van der Waals surface area contributed by atoms with Crippen molar-refractivity contribution in [2.24, 2.45) is 0 Å². The maximum Gasteiger partial charge on any atom is 0.433 e. The van der Waals surface area contributed by atoms with Crippen molar-refractivity contribution >= 4 is 5.82 Å².